The molecule has 0 saturated carbocycles. The summed E-state index contributed by atoms with van der Waals surface area (Å²) in [6, 6.07) is 13.7. The highest BCUT2D eigenvalue weighted by atomic mass is 16.5. The smallest absolute Gasteiger partial charge is 0.236 e. The Hall–Kier alpha value is -2.82. The number of benzene rings is 2. The van der Waals surface area contributed by atoms with E-state index in [2.05, 4.69) is 23.5 Å². The molecule has 0 heterocycles. The van der Waals surface area contributed by atoms with Crippen LogP contribution in [0.3, 0.4) is 0 Å². The molecular formula is C20H24N2O3. The maximum Gasteiger partial charge on any atom is 0.236 e. The van der Waals surface area contributed by atoms with Crippen molar-refractivity contribution in [1.82, 2.24) is 5.43 Å². The predicted molar refractivity (Wildman–Crippen MR) is 99.4 cm³/mol. The second kappa shape index (κ2) is 9.47. The van der Waals surface area contributed by atoms with E-state index in [1.807, 2.05) is 43.3 Å². The van der Waals surface area contributed by atoms with Crippen molar-refractivity contribution in [2.45, 2.75) is 27.2 Å². The van der Waals surface area contributed by atoms with E-state index >= 15 is 0 Å². The molecule has 0 aliphatic rings. The number of nitrogens with zero attached hydrogens (tertiary/aromatic N) is 1. The number of para-hydroxylation sites is 1. The Morgan fingerprint density at radius 1 is 1.08 bits per heavy atom. The van der Waals surface area contributed by atoms with Gasteiger partial charge in [0.05, 0.1) is 19.4 Å². The highest BCUT2D eigenvalue weighted by molar-refractivity contribution is 5.84. The lowest BCUT2D eigenvalue weighted by Crippen LogP contribution is -2.12. The van der Waals surface area contributed by atoms with Crippen LogP contribution in [-0.4, -0.2) is 25.3 Å². The minimum atomic E-state index is -0.210. The molecule has 0 aliphatic heterocycles. The maximum absolute atomic E-state index is 10.9. The van der Waals surface area contributed by atoms with Gasteiger partial charge in [0.15, 0.2) is 0 Å². The normalized spacial score (nSPS) is 10.7. The first-order chi connectivity index (χ1) is 12.1. The highest BCUT2D eigenvalue weighted by Crippen LogP contribution is 2.19. The number of nitrogens with one attached hydrogen (secondary N) is 1. The van der Waals surface area contributed by atoms with Crippen LogP contribution in [-0.2, 0) is 4.79 Å². The van der Waals surface area contributed by atoms with Gasteiger partial charge < -0.3 is 9.47 Å². The third-order valence-electron chi connectivity index (χ3n) is 3.48. The SMILES string of the molecule is CC(=O)N/N=C/c1ccccc1OCCCOc1ccc(C)cc1C. The minimum absolute atomic E-state index is 0.210. The molecule has 132 valence electrons. The number of hydrazone groups is 1. The summed E-state index contributed by atoms with van der Waals surface area (Å²) in [5, 5.41) is 3.87. The molecular weight excluding hydrogens is 316 g/mol. The number of carbonyl (C=O) groups excluding carboxylic acids is 1. The molecule has 0 atom stereocenters. The molecule has 5 nitrogen and oxygen atoms in total. The molecule has 0 saturated heterocycles. The number of ether oxygens (including phenoxy) is 2. The van der Waals surface area contributed by atoms with Crippen LogP contribution in [0.4, 0.5) is 0 Å². The van der Waals surface area contributed by atoms with E-state index in [0.29, 0.717) is 13.2 Å². The summed E-state index contributed by atoms with van der Waals surface area (Å²) in [6.07, 6.45) is 2.34. The lowest BCUT2D eigenvalue weighted by Gasteiger charge is -2.11. The van der Waals surface area contributed by atoms with Gasteiger partial charge in [-0.2, -0.15) is 5.10 Å². The van der Waals surface area contributed by atoms with Crippen LogP contribution in [0.25, 0.3) is 0 Å². The Kier molecular flexibility index (Phi) is 7.01. The summed E-state index contributed by atoms with van der Waals surface area (Å²) in [5.74, 6) is 1.43. The first-order valence-corrected chi connectivity index (χ1v) is 8.28. The fourth-order valence-electron chi connectivity index (χ4n) is 2.30. The first-order valence-electron chi connectivity index (χ1n) is 8.28. The summed E-state index contributed by atoms with van der Waals surface area (Å²) in [5.41, 5.74) is 5.56. The summed E-state index contributed by atoms with van der Waals surface area (Å²) >= 11 is 0. The van der Waals surface area contributed by atoms with Gasteiger partial charge in [-0.3, -0.25) is 4.79 Å². The van der Waals surface area contributed by atoms with Crippen molar-refractivity contribution < 1.29 is 14.3 Å². The Morgan fingerprint density at radius 2 is 1.80 bits per heavy atom. The van der Waals surface area contributed by atoms with Gasteiger partial charge in [0.2, 0.25) is 5.91 Å². The summed E-state index contributed by atoms with van der Waals surface area (Å²) in [7, 11) is 0. The number of carbonyl (C=O) groups is 1. The molecule has 0 aliphatic carbocycles. The van der Waals surface area contributed by atoms with E-state index in [1.165, 1.54) is 12.5 Å². The molecule has 0 bridgehead atoms. The number of aryl methyl sites for hydroxylation is 2. The second-order valence-electron chi connectivity index (χ2n) is 5.78. The number of hydrogen-bond donors (Lipinski definition) is 1. The van der Waals surface area contributed by atoms with Crippen LogP contribution >= 0.6 is 0 Å². The van der Waals surface area contributed by atoms with Gasteiger partial charge >= 0.3 is 0 Å². The first kappa shape index (κ1) is 18.5. The van der Waals surface area contributed by atoms with E-state index in [9.17, 15) is 4.79 Å². The zero-order valence-electron chi connectivity index (χ0n) is 14.9. The van der Waals surface area contributed by atoms with Gasteiger partial charge in [-0.1, -0.05) is 29.8 Å². The van der Waals surface area contributed by atoms with Gasteiger partial charge in [-0.25, -0.2) is 5.43 Å². The zero-order chi connectivity index (χ0) is 18.1. The number of amides is 1. The second-order valence-corrected chi connectivity index (χ2v) is 5.78. The largest absolute Gasteiger partial charge is 0.493 e. The standard InChI is InChI=1S/C20H24N2O3/c1-15-9-10-19(16(2)13-15)24-11-6-12-25-20-8-5-4-7-18(20)14-21-22-17(3)23/h4-5,7-10,13-14H,6,11-12H2,1-3H3,(H,22,23)/b21-14+. The van der Waals surface area contributed by atoms with Crippen molar-refractivity contribution >= 4 is 12.1 Å². The molecule has 0 spiro atoms. The highest BCUT2D eigenvalue weighted by Gasteiger charge is 2.02. The minimum Gasteiger partial charge on any atom is -0.493 e. The van der Waals surface area contributed by atoms with Crippen LogP contribution < -0.4 is 14.9 Å². The third-order valence-corrected chi connectivity index (χ3v) is 3.48. The van der Waals surface area contributed by atoms with E-state index in [1.54, 1.807) is 6.21 Å². The summed E-state index contributed by atoms with van der Waals surface area (Å²) in [6.45, 7) is 6.65. The molecule has 2 aromatic carbocycles. The fraction of sp³-hybridized carbons (Fsp3) is 0.300. The molecule has 1 N–H and O–H groups in total. The van der Waals surface area contributed by atoms with Gasteiger partial charge in [-0.05, 0) is 37.6 Å². The molecule has 5 heteroatoms. The van der Waals surface area contributed by atoms with Crippen LogP contribution in [0.15, 0.2) is 47.6 Å². The summed E-state index contributed by atoms with van der Waals surface area (Å²) < 4.78 is 11.6. The number of hydrogen-bond acceptors (Lipinski definition) is 4. The number of rotatable bonds is 8. The third kappa shape index (κ3) is 6.30. The Balaban J connectivity index is 1.80. The average Bonchev–Trinajstić information content (AvgIpc) is 2.57. The molecule has 0 unspecified atom stereocenters. The molecule has 2 aromatic rings. The van der Waals surface area contributed by atoms with E-state index in [0.717, 1.165) is 29.0 Å². The Labute approximate surface area is 148 Å². The van der Waals surface area contributed by atoms with Gasteiger partial charge in [-0.15, -0.1) is 0 Å². The van der Waals surface area contributed by atoms with Crippen LogP contribution in [0.2, 0.25) is 0 Å². The van der Waals surface area contributed by atoms with Crippen molar-refractivity contribution in [3.05, 3.63) is 59.2 Å². The van der Waals surface area contributed by atoms with Crippen molar-refractivity contribution in [2.75, 3.05) is 13.2 Å². The maximum atomic E-state index is 10.9. The molecule has 1 amide bonds. The molecule has 0 radical (unpaired) electrons. The Morgan fingerprint density at radius 3 is 2.52 bits per heavy atom. The van der Waals surface area contributed by atoms with Crippen LogP contribution in [0.1, 0.15) is 30.0 Å². The monoisotopic (exact) mass is 340 g/mol. The molecule has 2 rings (SSSR count). The van der Waals surface area contributed by atoms with Gasteiger partial charge in [0.1, 0.15) is 11.5 Å². The van der Waals surface area contributed by atoms with E-state index in [4.69, 9.17) is 9.47 Å². The topological polar surface area (TPSA) is 59.9 Å². The lowest BCUT2D eigenvalue weighted by atomic mass is 10.1. The molecule has 25 heavy (non-hydrogen) atoms. The average molecular weight is 340 g/mol. The molecule has 0 fully saturated rings. The van der Waals surface area contributed by atoms with Crippen LogP contribution in [0.5, 0.6) is 11.5 Å². The van der Waals surface area contributed by atoms with Crippen molar-refractivity contribution in [3.63, 3.8) is 0 Å². The van der Waals surface area contributed by atoms with Gasteiger partial charge in [0.25, 0.3) is 0 Å². The van der Waals surface area contributed by atoms with Crippen molar-refractivity contribution in [2.24, 2.45) is 5.10 Å². The lowest BCUT2D eigenvalue weighted by molar-refractivity contribution is -0.118. The zero-order valence-corrected chi connectivity index (χ0v) is 14.9. The quantitative estimate of drug-likeness (QED) is 0.453. The predicted octanol–water partition coefficient (Wildman–Crippen LogP) is 3.62. The molecule has 0 aromatic heterocycles. The fourth-order valence-corrected chi connectivity index (χ4v) is 2.30. The van der Waals surface area contributed by atoms with Crippen LogP contribution in [0, 0.1) is 13.8 Å². The van der Waals surface area contributed by atoms with Crippen molar-refractivity contribution in [3.8, 4) is 11.5 Å². The Bertz CT molecular complexity index is 741. The van der Waals surface area contributed by atoms with Gasteiger partial charge in [0, 0.05) is 18.9 Å². The summed E-state index contributed by atoms with van der Waals surface area (Å²) in [4.78, 5) is 10.9. The van der Waals surface area contributed by atoms with E-state index in [-0.39, 0.29) is 5.91 Å². The van der Waals surface area contributed by atoms with Crippen molar-refractivity contribution in [1.29, 1.82) is 0 Å². The van der Waals surface area contributed by atoms with E-state index < -0.39 is 0 Å².